The van der Waals surface area contributed by atoms with Crippen LogP contribution in [0.5, 0.6) is 0 Å². The predicted molar refractivity (Wildman–Crippen MR) is 143 cm³/mol. The summed E-state index contributed by atoms with van der Waals surface area (Å²) in [5.41, 5.74) is 8.58. The third-order valence-electron chi connectivity index (χ3n) is 7.39. The van der Waals surface area contributed by atoms with Gasteiger partial charge >= 0.3 is 0 Å². The van der Waals surface area contributed by atoms with Gasteiger partial charge in [-0.25, -0.2) is 4.98 Å². The molecule has 2 aromatic carbocycles. The molecule has 0 saturated carbocycles. The number of nitrogen functional groups attached to an aromatic ring is 1. The van der Waals surface area contributed by atoms with Crippen molar-refractivity contribution in [1.82, 2.24) is 24.2 Å². The van der Waals surface area contributed by atoms with Gasteiger partial charge in [-0.2, -0.15) is 5.10 Å². The summed E-state index contributed by atoms with van der Waals surface area (Å²) in [4.78, 5) is 32.5. The highest BCUT2D eigenvalue weighted by Crippen LogP contribution is 2.30. The van der Waals surface area contributed by atoms with Crippen LogP contribution in [0.15, 0.2) is 65.7 Å². The number of likely N-dealkylation sites (tertiary alicyclic amines) is 1. The molecule has 1 aliphatic rings. The number of para-hydroxylation sites is 1. The lowest BCUT2D eigenvalue weighted by Crippen LogP contribution is -2.49. The molecular weight excluding hydrogens is 468 g/mol. The van der Waals surface area contributed by atoms with Gasteiger partial charge in [0.05, 0.1) is 24.2 Å². The van der Waals surface area contributed by atoms with Crippen molar-refractivity contribution >= 4 is 22.6 Å². The first kappa shape index (κ1) is 24.7. The van der Waals surface area contributed by atoms with Crippen LogP contribution in [0.3, 0.4) is 0 Å². The number of amides is 1. The number of carbonyl (C=O) groups excluding carboxylic acids is 1. The van der Waals surface area contributed by atoms with Gasteiger partial charge in [0.15, 0.2) is 5.52 Å². The van der Waals surface area contributed by atoms with Crippen molar-refractivity contribution in [2.75, 3.05) is 18.8 Å². The molecule has 3 heterocycles. The molecule has 9 heteroatoms. The van der Waals surface area contributed by atoms with Gasteiger partial charge in [-0.1, -0.05) is 55.5 Å². The SMILES string of the molecule is CC(CC(=O)N1CCC(O)(Cn2cnc3c(-c4ccccc4N)n(C)nc3c2=O)CC1)c1ccccc1. The van der Waals surface area contributed by atoms with Crippen LogP contribution in [0.4, 0.5) is 5.69 Å². The molecule has 192 valence electrons. The number of carbonyl (C=O) groups is 1. The van der Waals surface area contributed by atoms with E-state index in [0.717, 1.165) is 11.1 Å². The molecule has 37 heavy (non-hydrogen) atoms. The Hall–Kier alpha value is -3.98. The number of nitrogens with two attached hydrogens (primary N) is 1. The minimum absolute atomic E-state index is 0.0832. The number of aliphatic hydroxyl groups is 1. The van der Waals surface area contributed by atoms with Gasteiger partial charge in [0.2, 0.25) is 5.91 Å². The zero-order chi connectivity index (χ0) is 26.2. The molecule has 1 saturated heterocycles. The van der Waals surface area contributed by atoms with E-state index < -0.39 is 5.60 Å². The number of fused-ring (bicyclic) bond motifs is 1. The van der Waals surface area contributed by atoms with E-state index >= 15 is 0 Å². The Balaban J connectivity index is 1.29. The van der Waals surface area contributed by atoms with Crippen molar-refractivity contribution < 1.29 is 9.90 Å². The van der Waals surface area contributed by atoms with Crippen LogP contribution >= 0.6 is 0 Å². The van der Waals surface area contributed by atoms with Crippen LogP contribution in [0.25, 0.3) is 22.3 Å². The van der Waals surface area contributed by atoms with Crippen molar-refractivity contribution in [2.24, 2.45) is 7.05 Å². The van der Waals surface area contributed by atoms with Crippen LogP contribution in [-0.2, 0) is 18.4 Å². The topological polar surface area (TPSA) is 119 Å². The second kappa shape index (κ2) is 9.82. The normalized spacial score (nSPS) is 16.1. The first-order valence-electron chi connectivity index (χ1n) is 12.6. The Morgan fingerprint density at radius 2 is 1.76 bits per heavy atom. The first-order valence-corrected chi connectivity index (χ1v) is 12.6. The van der Waals surface area contributed by atoms with Gasteiger partial charge in [-0.05, 0) is 30.4 Å². The Morgan fingerprint density at radius 3 is 2.46 bits per heavy atom. The molecule has 1 unspecified atom stereocenters. The molecule has 0 bridgehead atoms. The second-order valence-corrected chi connectivity index (χ2v) is 10.1. The highest BCUT2D eigenvalue weighted by atomic mass is 16.3. The largest absolute Gasteiger partial charge is 0.398 e. The predicted octanol–water partition coefficient (Wildman–Crippen LogP) is 2.93. The van der Waals surface area contributed by atoms with E-state index in [1.165, 1.54) is 10.9 Å². The van der Waals surface area contributed by atoms with Crippen molar-refractivity contribution in [3.63, 3.8) is 0 Å². The van der Waals surface area contributed by atoms with E-state index in [1.54, 1.807) is 17.8 Å². The Kier molecular flexibility index (Phi) is 6.55. The number of nitrogens with zero attached hydrogens (tertiary/aromatic N) is 5. The number of aromatic nitrogens is 4. The summed E-state index contributed by atoms with van der Waals surface area (Å²) in [7, 11) is 1.76. The van der Waals surface area contributed by atoms with Crippen molar-refractivity contribution in [3.8, 4) is 11.3 Å². The first-order chi connectivity index (χ1) is 17.8. The number of rotatable bonds is 6. The molecule has 5 rings (SSSR count). The number of benzene rings is 2. The van der Waals surface area contributed by atoms with Crippen LogP contribution in [0.2, 0.25) is 0 Å². The number of piperidine rings is 1. The molecule has 1 atom stereocenters. The van der Waals surface area contributed by atoms with E-state index in [2.05, 4.69) is 17.0 Å². The van der Waals surface area contributed by atoms with Crippen LogP contribution < -0.4 is 11.3 Å². The highest BCUT2D eigenvalue weighted by Gasteiger charge is 2.35. The Bertz CT molecular complexity index is 1490. The molecule has 0 radical (unpaired) electrons. The van der Waals surface area contributed by atoms with E-state index in [9.17, 15) is 14.7 Å². The molecule has 4 aromatic rings. The molecule has 0 aliphatic carbocycles. The lowest BCUT2D eigenvalue weighted by Gasteiger charge is -2.38. The maximum Gasteiger partial charge on any atom is 0.281 e. The number of anilines is 1. The van der Waals surface area contributed by atoms with Gasteiger partial charge in [0.1, 0.15) is 5.52 Å². The summed E-state index contributed by atoms with van der Waals surface area (Å²) in [6.45, 7) is 3.04. The van der Waals surface area contributed by atoms with E-state index in [4.69, 9.17) is 5.73 Å². The summed E-state index contributed by atoms with van der Waals surface area (Å²) >= 11 is 0. The fourth-order valence-electron chi connectivity index (χ4n) is 5.16. The smallest absolute Gasteiger partial charge is 0.281 e. The van der Waals surface area contributed by atoms with Crippen molar-refractivity contribution in [2.45, 2.75) is 44.2 Å². The Labute approximate surface area is 215 Å². The maximum absolute atomic E-state index is 13.3. The lowest BCUT2D eigenvalue weighted by atomic mass is 9.90. The minimum Gasteiger partial charge on any atom is -0.398 e. The monoisotopic (exact) mass is 500 g/mol. The third-order valence-corrected chi connectivity index (χ3v) is 7.39. The molecule has 9 nitrogen and oxygen atoms in total. The quantitative estimate of drug-likeness (QED) is 0.393. The molecule has 1 amide bonds. The number of aryl methyl sites for hydroxylation is 1. The van der Waals surface area contributed by atoms with Crippen LogP contribution in [-0.4, -0.2) is 53.9 Å². The van der Waals surface area contributed by atoms with Gasteiger partial charge in [0, 0.05) is 37.8 Å². The summed E-state index contributed by atoms with van der Waals surface area (Å²) in [6, 6.07) is 17.4. The molecule has 0 spiro atoms. The fraction of sp³-hybridized carbons (Fsp3) is 0.357. The second-order valence-electron chi connectivity index (χ2n) is 10.1. The number of hydrogen-bond acceptors (Lipinski definition) is 6. The molecule has 3 N–H and O–H groups in total. The summed E-state index contributed by atoms with van der Waals surface area (Å²) in [5, 5.41) is 15.7. The minimum atomic E-state index is -1.11. The maximum atomic E-state index is 13.3. The zero-order valence-corrected chi connectivity index (χ0v) is 21.2. The van der Waals surface area contributed by atoms with Gasteiger partial charge < -0.3 is 15.7 Å². The molecule has 2 aromatic heterocycles. The molecule has 1 aliphatic heterocycles. The van der Waals surface area contributed by atoms with Gasteiger partial charge in [-0.15, -0.1) is 0 Å². The fourth-order valence-corrected chi connectivity index (χ4v) is 5.16. The van der Waals surface area contributed by atoms with Gasteiger partial charge in [0.25, 0.3) is 5.56 Å². The van der Waals surface area contributed by atoms with E-state index in [1.807, 2.05) is 53.4 Å². The lowest BCUT2D eigenvalue weighted by molar-refractivity contribution is -0.136. The van der Waals surface area contributed by atoms with E-state index in [-0.39, 0.29) is 29.4 Å². The average molecular weight is 501 g/mol. The standard InChI is InChI=1S/C28H32N6O3/c1-19(20-8-4-3-5-9-20)16-23(35)33-14-12-28(37,13-15-33)17-34-18-30-24-25(27(34)36)31-32(2)26(24)21-10-6-7-11-22(21)29/h3-11,18-19,37H,12-17,29H2,1-2H3. The summed E-state index contributed by atoms with van der Waals surface area (Å²) < 4.78 is 3.03. The average Bonchev–Trinajstić information content (AvgIpc) is 3.23. The van der Waals surface area contributed by atoms with E-state index in [0.29, 0.717) is 49.2 Å². The third kappa shape index (κ3) is 4.86. The van der Waals surface area contributed by atoms with Crippen LogP contribution in [0.1, 0.15) is 37.7 Å². The number of hydrogen-bond donors (Lipinski definition) is 2. The summed E-state index contributed by atoms with van der Waals surface area (Å²) in [5.74, 6) is 0.209. The van der Waals surface area contributed by atoms with Crippen molar-refractivity contribution in [1.29, 1.82) is 0 Å². The highest BCUT2D eigenvalue weighted by molar-refractivity contribution is 5.92. The van der Waals surface area contributed by atoms with Crippen LogP contribution in [0, 0.1) is 0 Å². The molecular formula is C28H32N6O3. The summed E-state index contributed by atoms with van der Waals surface area (Å²) in [6.07, 6.45) is 2.66. The Morgan fingerprint density at radius 1 is 1.08 bits per heavy atom. The van der Waals surface area contributed by atoms with Crippen molar-refractivity contribution in [3.05, 3.63) is 76.8 Å². The zero-order valence-electron chi connectivity index (χ0n) is 21.2. The van der Waals surface area contributed by atoms with Gasteiger partial charge in [-0.3, -0.25) is 18.8 Å². The molecule has 1 fully saturated rings.